The summed E-state index contributed by atoms with van der Waals surface area (Å²) < 4.78 is 5.04. The predicted octanol–water partition coefficient (Wildman–Crippen LogP) is 3.53. The van der Waals surface area contributed by atoms with Gasteiger partial charge >= 0.3 is 5.97 Å². The number of rotatable bonds is 4. The Labute approximate surface area is 107 Å². The predicted molar refractivity (Wildman–Crippen MR) is 67.9 cm³/mol. The van der Waals surface area contributed by atoms with Gasteiger partial charge in [0.05, 0.1) is 5.02 Å². The minimum absolute atomic E-state index is 0.384. The average molecular weight is 269 g/mol. The number of carbonyl (C=O) groups is 1. The van der Waals surface area contributed by atoms with E-state index in [1.165, 1.54) is 0 Å². The van der Waals surface area contributed by atoms with Crippen molar-refractivity contribution in [1.82, 2.24) is 0 Å². The van der Waals surface area contributed by atoms with Gasteiger partial charge in [-0.3, -0.25) is 0 Å². The molecule has 1 aromatic heterocycles. The summed E-state index contributed by atoms with van der Waals surface area (Å²) in [4.78, 5) is 11.5. The van der Waals surface area contributed by atoms with E-state index in [-0.39, 0.29) is 0 Å². The van der Waals surface area contributed by atoms with Crippen molar-refractivity contribution in [2.45, 2.75) is 0 Å². The van der Waals surface area contributed by atoms with Gasteiger partial charge in [-0.15, -0.1) is 11.3 Å². The third-order valence-corrected chi connectivity index (χ3v) is 3.30. The average Bonchev–Trinajstić information content (AvgIpc) is 2.80. The van der Waals surface area contributed by atoms with Crippen LogP contribution in [0.4, 0.5) is 0 Å². The summed E-state index contributed by atoms with van der Waals surface area (Å²) in [6.07, 6.45) is 0. The Balaban J connectivity index is 2.20. The van der Waals surface area contributed by atoms with Crippen LogP contribution in [0.3, 0.4) is 0 Å². The molecule has 0 aliphatic carbocycles. The van der Waals surface area contributed by atoms with E-state index in [4.69, 9.17) is 21.4 Å². The summed E-state index contributed by atoms with van der Waals surface area (Å²) in [5, 5.41) is 10.9. The number of ether oxygens (including phenoxy) is 1. The van der Waals surface area contributed by atoms with Crippen LogP contribution < -0.4 is 4.74 Å². The van der Waals surface area contributed by atoms with Crippen molar-refractivity contribution in [1.29, 1.82) is 0 Å². The zero-order valence-corrected chi connectivity index (χ0v) is 10.3. The molecule has 5 heteroatoms. The molecule has 0 spiro atoms. The van der Waals surface area contributed by atoms with Gasteiger partial charge < -0.3 is 9.84 Å². The quantitative estimate of drug-likeness (QED) is 0.923. The first-order valence-corrected chi connectivity index (χ1v) is 6.10. The lowest BCUT2D eigenvalue weighted by atomic mass is 10.2. The first-order valence-electron chi connectivity index (χ1n) is 4.85. The van der Waals surface area contributed by atoms with Crippen molar-refractivity contribution < 1.29 is 14.6 Å². The fourth-order valence-corrected chi connectivity index (χ4v) is 2.31. The molecule has 0 aliphatic heterocycles. The molecular weight excluding hydrogens is 260 g/mol. The van der Waals surface area contributed by atoms with Crippen LogP contribution in [-0.2, 0) is 4.79 Å². The molecule has 88 valence electrons. The van der Waals surface area contributed by atoms with Gasteiger partial charge in [0, 0.05) is 4.88 Å². The van der Waals surface area contributed by atoms with E-state index in [0.29, 0.717) is 10.8 Å². The molecule has 0 radical (unpaired) electrons. The van der Waals surface area contributed by atoms with Crippen molar-refractivity contribution >= 4 is 28.9 Å². The summed E-state index contributed by atoms with van der Waals surface area (Å²) in [5.74, 6) is -0.641. The Morgan fingerprint density at radius 3 is 2.82 bits per heavy atom. The molecule has 0 saturated heterocycles. The second-order valence-corrected chi connectivity index (χ2v) is 4.66. The Kier molecular flexibility index (Phi) is 3.66. The molecule has 0 unspecified atom stereocenters. The minimum atomic E-state index is -1.02. The lowest BCUT2D eigenvalue weighted by molar-refractivity contribution is -0.139. The molecule has 1 N–H and O–H groups in total. The third kappa shape index (κ3) is 2.99. The fraction of sp³-hybridized carbons (Fsp3) is 0.0833. The first-order chi connectivity index (χ1) is 8.16. The molecular formula is C12H9ClO3S. The zero-order valence-electron chi connectivity index (χ0n) is 8.72. The van der Waals surface area contributed by atoms with Crippen LogP contribution in [0.5, 0.6) is 5.75 Å². The van der Waals surface area contributed by atoms with E-state index in [1.807, 2.05) is 23.6 Å². The van der Waals surface area contributed by atoms with Crippen LogP contribution in [0.2, 0.25) is 5.02 Å². The number of carboxylic acids is 1. The summed E-state index contributed by atoms with van der Waals surface area (Å²) in [6, 6.07) is 9.26. The summed E-state index contributed by atoms with van der Waals surface area (Å²) >= 11 is 7.63. The van der Waals surface area contributed by atoms with Gasteiger partial charge in [-0.2, -0.15) is 0 Å². The highest BCUT2D eigenvalue weighted by Crippen LogP contribution is 2.32. The number of halogens is 1. The topological polar surface area (TPSA) is 46.5 Å². The van der Waals surface area contributed by atoms with E-state index >= 15 is 0 Å². The maximum Gasteiger partial charge on any atom is 0.341 e. The Bertz CT molecular complexity index is 523. The summed E-state index contributed by atoms with van der Waals surface area (Å²) in [7, 11) is 0. The monoisotopic (exact) mass is 268 g/mol. The molecule has 0 amide bonds. The maximum atomic E-state index is 10.4. The number of thiophene rings is 1. The SMILES string of the molecule is O=C(O)COc1ccc(-c2cccs2)cc1Cl. The Morgan fingerprint density at radius 1 is 1.41 bits per heavy atom. The standard InChI is InChI=1S/C12H9ClO3S/c13-9-6-8(11-2-1-5-17-11)3-4-10(9)16-7-12(14)15/h1-6H,7H2,(H,14,15). The molecule has 0 aliphatic rings. The first kappa shape index (κ1) is 12.0. The number of aliphatic carboxylic acids is 1. The summed E-state index contributed by atoms with van der Waals surface area (Å²) in [5.41, 5.74) is 0.993. The van der Waals surface area contributed by atoms with E-state index in [0.717, 1.165) is 10.4 Å². The normalized spacial score (nSPS) is 10.2. The Morgan fingerprint density at radius 2 is 2.24 bits per heavy atom. The second kappa shape index (κ2) is 5.21. The third-order valence-electron chi connectivity index (χ3n) is 2.09. The van der Waals surface area contributed by atoms with Crippen LogP contribution >= 0.6 is 22.9 Å². The van der Waals surface area contributed by atoms with Gasteiger partial charge in [-0.25, -0.2) is 4.79 Å². The van der Waals surface area contributed by atoms with Crippen molar-refractivity contribution in [3.63, 3.8) is 0 Å². The number of hydrogen-bond donors (Lipinski definition) is 1. The largest absolute Gasteiger partial charge is 0.480 e. The Hall–Kier alpha value is -1.52. The van der Waals surface area contributed by atoms with E-state index in [2.05, 4.69) is 0 Å². The second-order valence-electron chi connectivity index (χ2n) is 3.30. The van der Waals surface area contributed by atoms with Crippen LogP contribution in [0.1, 0.15) is 0 Å². The fourth-order valence-electron chi connectivity index (χ4n) is 1.35. The minimum Gasteiger partial charge on any atom is -0.480 e. The molecule has 0 fully saturated rings. The van der Waals surface area contributed by atoms with Gasteiger partial charge in [-0.05, 0) is 35.2 Å². The van der Waals surface area contributed by atoms with Gasteiger partial charge in [0.1, 0.15) is 5.75 Å². The van der Waals surface area contributed by atoms with Crippen LogP contribution in [0.25, 0.3) is 10.4 Å². The van der Waals surface area contributed by atoms with Gasteiger partial charge in [0.25, 0.3) is 0 Å². The highest BCUT2D eigenvalue weighted by atomic mass is 35.5. The molecule has 1 aromatic carbocycles. The van der Waals surface area contributed by atoms with Crippen molar-refractivity contribution in [2.24, 2.45) is 0 Å². The summed E-state index contributed by atoms with van der Waals surface area (Å²) in [6.45, 7) is -0.391. The number of benzene rings is 1. The molecule has 17 heavy (non-hydrogen) atoms. The van der Waals surface area contributed by atoms with E-state index in [9.17, 15) is 4.79 Å². The lowest BCUT2D eigenvalue weighted by Gasteiger charge is -2.06. The maximum absolute atomic E-state index is 10.4. The van der Waals surface area contributed by atoms with Crippen LogP contribution in [0, 0.1) is 0 Å². The van der Waals surface area contributed by atoms with Crippen molar-refractivity contribution in [3.05, 3.63) is 40.7 Å². The number of carboxylic acid groups (broad SMARTS) is 1. The van der Waals surface area contributed by atoms with Gasteiger partial charge in [0.15, 0.2) is 6.61 Å². The van der Waals surface area contributed by atoms with Crippen LogP contribution in [0.15, 0.2) is 35.7 Å². The molecule has 0 bridgehead atoms. The van der Waals surface area contributed by atoms with Crippen molar-refractivity contribution in [3.8, 4) is 16.2 Å². The van der Waals surface area contributed by atoms with Gasteiger partial charge in [0.2, 0.25) is 0 Å². The van der Waals surface area contributed by atoms with E-state index < -0.39 is 12.6 Å². The molecule has 0 atom stereocenters. The van der Waals surface area contributed by atoms with Crippen molar-refractivity contribution in [2.75, 3.05) is 6.61 Å². The molecule has 2 rings (SSSR count). The molecule has 2 aromatic rings. The van der Waals surface area contributed by atoms with E-state index in [1.54, 1.807) is 23.5 Å². The van der Waals surface area contributed by atoms with Gasteiger partial charge in [-0.1, -0.05) is 17.7 Å². The lowest BCUT2D eigenvalue weighted by Crippen LogP contribution is -2.09. The highest BCUT2D eigenvalue weighted by Gasteiger charge is 2.07. The number of hydrogen-bond acceptors (Lipinski definition) is 3. The smallest absolute Gasteiger partial charge is 0.341 e. The molecule has 0 saturated carbocycles. The van der Waals surface area contributed by atoms with Crippen LogP contribution in [-0.4, -0.2) is 17.7 Å². The zero-order chi connectivity index (χ0) is 12.3. The highest BCUT2D eigenvalue weighted by molar-refractivity contribution is 7.13. The molecule has 3 nitrogen and oxygen atoms in total. The molecule has 1 heterocycles.